The number of rotatable bonds is 11. The maximum atomic E-state index is 12.6. The normalized spacial score (nSPS) is 24.4. The Kier molecular flexibility index (Phi) is 10.4. The summed E-state index contributed by atoms with van der Waals surface area (Å²) in [4.78, 5) is 30.3. The summed E-state index contributed by atoms with van der Waals surface area (Å²) in [5.74, 6) is 1.53. The number of carbonyl (C=O) groups is 2. The zero-order valence-electron chi connectivity index (χ0n) is 26.4. The van der Waals surface area contributed by atoms with Gasteiger partial charge in [0.15, 0.2) is 6.61 Å². The van der Waals surface area contributed by atoms with E-state index in [1.54, 1.807) is 12.0 Å². The van der Waals surface area contributed by atoms with E-state index in [-0.39, 0.29) is 30.6 Å². The Morgan fingerprint density at radius 1 is 1.00 bits per heavy atom. The van der Waals surface area contributed by atoms with Crippen molar-refractivity contribution < 1.29 is 33.6 Å². The number of likely N-dealkylation sites (tertiary alicyclic amines) is 2. The van der Waals surface area contributed by atoms with Crippen LogP contribution in [0.1, 0.15) is 68.4 Å². The van der Waals surface area contributed by atoms with Gasteiger partial charge in [0.1, 0.15) is 17.6 Å². The molecule has 3 heterocycles. The predicted octanol–water partition coefficient (Wildman–Crippen LogP) is 5.29. The number of hydrogen-bond acceptors (Lipinski definition) is 7. The molecule has 1 aliphatic carbocycles. The number of benzene rings is 2. The highest BCUT2D eigenvalue weighted by atomic mass is 16.5. The number of fused-ring (bicyclic) bond motifs is 1. The number of hydrogen-bond donors (Lipinski definition) is 1. The summed E-state index contributed by atoms with van der Waals surface area (Å²) in [6.07, 6.45) is 8.15. The van der Waals surface area contributed by atoms with Crippen molar-refractivity contribution in [2.75, 3.05) is 57.9 Å². The first-order valence-electron chi connectivity index (χ1n) is 16.6. The lowest BCUT2D eigenvalue weighted by Crippen LogP contribution is -2.46. The largest absolute Gasteiger partial charge is 0.489 e. The minimum Gasteiger partial charge on any atom is -0.489 e. The van der Waals surface area contributed by atoms with Gasteiger partial charge in [0.25, 0.3) is 5.91 Å². The summed E-state index contributed by atoms with van der Waals surface area (Å²) in [5, 5.41) is 9.74. The number of piperidine rings is 1. The average molecular weight is 622 g/mol. The Morgan fingerprint density at radius 2 is 1.82 bits per heavy atom. The zero-order valence-corrected chi connectivity index (χ0v) is 26.4. The number of carboxylic acid groups (broad SMARTS) is 1. The van der Waals surface area contributed by atoms with Gasteiger partial charge in [-0.25, -0.2) is 4.79 Å². The lowest BCUT2D eigenvalue weighted by atomic mass is 9.87. The Morgan fingerprint density at radius 3 is 2.60 bits per heavy atom. The van der Waals surface area contributed by atoms with Crippen molar-refractivity contribution >= 4 is 17.7 Å². The number of nitrogens with zero attached hydrogens (tertiary/aromatic N) is 3. The maximum Gasteiger partial charge on any atom is 0.407 e. The molecule has 1 saturated carbocycles. The van der Waals surface area contributed by atoms with E-state index in [2.05, 4.69) is 29.2 Å². The quantitative estimate of drug-likeness (QED) is 0.338. The van der Waals surface area contributed by atoms with Gasteiger partial charge in [-0.05, 0) is 67.5 Å². The number of amides is 2. The fourth-order valence-electron chi connectivity index (χ4n) is 7.41. The molecule has 2 aromatic carbocycles. The van der Waals surface area contributed by atoms with Gasteiger partial charge >= 0.3 is 6.09 Å². The molecule has 244 valence electrons. The number of methoxy groups -OCH3 is 1. The van der Waals surface area contributed by atoms with Crippen LogP contribution in [0.5, 0.6) is 11.5 Å². The summed E-state index contributed by atoms with van der Waals surface area (Å²) < 4.78 is 23.7. The van der Waals surface area contributed by atoms with Crippen LogP contribution in [-0.2, 0) is 20.9 Å². The third-order valence-corrected chi connectivity index (χ3v) is 9.87. The lowest BCUT2D eigenvalue weighted by Gasteiger charge is -2.37. The molecule has 0 spiro atoms. The van der Waals surface area contributed by atoms with Crippen LogP contribution >= 0.6 is 0 Å². The molecule has 2 amide bonds. The van der Waals surface area contributed by atoms with Gasteiger partial charge in [0.2, 0.25) is 0 Å². The van der Waals surface area contributed by atoms with Crippen LogP contribution in [0, 0.1) is 0 Å². The fourth-order valence-corrected chi connectivity index (χ4v) is 7.41. The summed E-state index contributed by atoms with van der Waals surface area (Å²) >= 11 is 0. The van der Waals surface area contributed by atoms with Crippen LogP contribution in [-0.4, -0.2) is 98.2 Å². The molecule has 10 heteroatoms. The number of carbonyl (C=O) groups excluding carboxylic acids is 1. The van der Waals surface area contributed by atoms with E-state index in [0.29, 0.717) is 45.0 Å². The second-order valence-corrected chi connectivity index (χ2v) is 12.8. The maximum absolute atomic E-state index is 12.6. The molecule has 0 bridgehead atoms. The average Bonchev–Trinajstić information content (AvgIpc) is 3.54. The molecule has 3 fully saturated rings. The van der Waals surface area contributed by atoms with Gasteiger partial charge in [0.05, 0.1) is 24.9 Å². The molecule has 1 N–H and O–H groups in total. The van der Waals surface area contributed by atoms with E-state index < -0.39 is 6.09 Å². The van der Waals surface area contributed by atoms with E-state index in [0.717, 1.165) is 54.5 Å². The molecule has 6 rings (SSSR count). The third kappa shape index (κ3) is 7.73. The van der Waals surface area contributed by atoms with Crippen molar-refractivity contribution in [2.45, 2.75) is 82.1 Å². The van der Waals surface area contributed by atoms with Crippen molar-refractivity contribution in [1.29, 1.82) is 0 Å². The molecular weight excluding hydrogens is 574 g/mol. The molecule has 2 aromatic rings. The first-order valence-corrected chi connectivity index (χ1v) is 16.6. The molecule has 0 aromatic heterocycles. The van der Waals surface area contributed by atoms with Gasteiger partial charge in [-0.2, -0.15) is 0 Å². The smallest absolute Gasteiger partial charge is 0.407 e. The van der Waals surface area contributed by atoms with Gasteiger partial charge in [-0.1, -0.05) is 37.5 Å². The van der Waals surface area contributed by atoms with Crippen molar-refractivity contribution in [2.24, 2.45) is 0 Å². The van der Waals surface area contributed by atoms with Gasteiger partial charge in [-0.15, -0.1) is 0 Å². The van der Waals surface area contributed by atoms with Crippen molar-refractivity contribution in [3.63, 3.8) is 0 Å². The molecule has 4 aliphatic rings. The SMILES string of the molecule is COCCCN1C(=O)COc2ccc(COC3CN(C(=O)O)CCC3c3ccc(OC4CCN(C5CCCCC5)C4)cc3)cc21. The lowest BCUT2D eigenvalue weighted by molar-refractivity contribution is -0.121. The third-order valence-electron chi connectivity index (χ3n) is 9.87. The Labute approximate surface area is 266 Å². The van der Waals surface area contributed by atoms with Gasteiger partial charge in [-0.3, -0.25) is 9.69 Å². The predicted molar refractivity (Wildman–Crippen MR) is 170 cm³/mol. The van der Waals surface area contributed by atoms with Crippen LogP contribution in [0.25, 0.3) is 0 Å². The standard InChI is InChI=1S/C35H47N3O7/c1-42-19-5-16-38-31-20-25(8-13-32(31)44-24-34(38)39)23-43-33-22-37(35(40)41)18-15-30(33)26-9-11-28(12-10-26)45-29-14-17-36(21-29)27-6-3-2-4-7-27/h8-13,20,27,29-30,33H,2-7,14-19,21-24H2,1H3,(H,40,41). The molecule has 3 unspecified atom stereocenters. The Hall–Kier alpha value is -3.34. The monoisotopic (exact) mass is 621 g/mol. The van der Waals surface area contributed by atoms with E-state index in [4.69, 9.17) is 18.9 Å². The van der Waals surface area contributed by atoms with E-state index >= 15 is 0 Å². The van der Waals surface area contributed by atoms with Crippen molar-refractivity contribution in [1.82, 2.24) is 9.80 Å². The van der Waals surface area contributed by atoms with Crippen LogP contribution in [0.15, 0.2) is 42.5 Å². The summed E-state index contributed by atoms with van der Waals surface area (Å²) in [7, 11) is 1.65. The minimum atomic E-state index is -0.930. The Balaban J connectivity index is 1.10. The molecule has 45 heavy (non-hydrogen) atoms. The van der Waals surface area contributed by atoms with Crippen LogP contribution in [0.4, 0.5) is 10.5 Å². The number of anilines is 1. The van der Waals surface area contributed by atoms with Gasteiger partial charge in [0, 0.05) is 51.9 Å². The molecule has 3 aliphatic heterocycles. The fraction of sp³-hybridized carbons (Fsp3) is 0.600. The second-order valence-electron chi connectivity index (χ2n) is 12.8. The topological polar surface area (TPSA) is 101 Å². The zero-order chi connectivity index (χ0) is 31.2. The summed E-state index contributed by atoms with van der Waals surface area (Å²) in [6.45, 7) is 4.32. The number of ether oxygens (including phenoxy) is 4. The molecule has 0 radical (unpaired) electrons. The van der Waals surface area contributed by atoms with Gasteiger partial charge < -0.3 is 33.9 Å². The highest BCUT2D eigenvalue weighted by Gasteiger charge is 2.34. The van der Waals surface area contributed by atoms with Crippen LogP contribution in [0.3, 0.4) is 0 Å². The van der Waals surface area contributed by atoms with E-state index in [1.807, 2.05) is 18.2 Å². The second kappa shape index (κ2) is 14.8. The van der Waals surface area contributed by atoms with Crippen LogP contribution < -0.4 is 14.4 Å². The molecule has 3 atom stereocenters. The van der Waals surface area contributed by atoms with Crippen LogP contribution in [0.2, 0.25) is 0 Å². The summed E-state index contributed by atoms with van der Waals surface area (Å²) in [5.41, 5.74) is 2.76. The Bertz CT molecular complexity index is 1300. The van der Waals surface area contributed by atoms with E-state index in [1.165, 1.54) is 37.0 Å². The summed E-state index contributed by atoms with van der Waals surface area (Å²) in [6, 6.07) is 14.8. The first kappa shape index (κ1) is 31.6. The molecule has 2 saturated heterocycles. The minimum absolute atomic E-state index is 0.0218. The molecule has 10 nitrogen and oxygen atoms in total. The molecular formula is C35H47N3O7. The highest BCUT2D eigenvalue weighted by molar-refractivity contribution is 5.97. The van der Waals surface area contributed by atoms with Crippen molar-refractivity contribution in [3.8, 4) is 11.5 Å². The van der Waals surface area contributed by atoms with E-state index in [9.17, 15) is 14.7 Å². The highest BCUT2D eigenvalue weighted by Crippen LogP contribution is 2.36. The first-order chi connectivity index (χ1) is 22.0. The van der Waals surface area contributed by atoms with Crippen molar-refractivity contribution in [3.05, 3.63) is 53.6 Å².